The van der Waals surface area contributed by atoms with Gasteiger partial charge in [0.15, 0.2) is 5.96 Å². The SMILES string of the molecule is CN=C(NCc1nc(-c2cccc(Cl)c2)no1)NC1CC(OC)C1(C)C.I. The second-order valence-corrected chi connectivity index (χ2v) is 7.36. The highest BCUT2D eigenvalue weighted by atomic mass is 127. The van der Waals surface area contributed by atoms with Gasteiger partial charge in [-0.15, -0.1) is 24.0 Å². The molecule has 0 radical (unpaired) electrons. The number of aliphatic imine (C=N–C) groups is 1. The predicted molar refractivity (Wildman–Crippen MR) is 116 cm³/mol. The van der Waals surface area contributed by atoms with Gasteiger partial charge in [-0.05, 0) is 18.6 Å². The van der Waals surface area contributed by atoms with Crippen LogP contribution in [0.15, 0.2) is 33.8 Å². The van der Waals surface area contributed by atoms with Crippen molar-refractivity contribution in [1.29, 1.82) is 0 Å². The molecule has 0 saturated heterocycles. The fourth-order valence-electron chi connectivity index (χ4n) is 3.12. The Morgan fingerprint density at radius 2 is 2.22 bits per heavy atom. The number of ether oxygens (including phenoxy) is 1. The van der Waals surface area contributed by atoms with Crippen molar-refractivity contribution in [2.45, 2.75) is 39.0 Å². The van der Waals surface area contributed by atoms with Gasteiger partial charge in [0.05, 0.1) is 12.6 Å². The molecule has 9 heteroatoms. The molecule has 2 aromatic rings. The van der Waals surface area contributed by atoms with Crippen molar-refractivity contribution in [3.05, 3.63) is 35.2 Å². The summed E-state index contributed by atoms with van der Waals surface area (Å²) in [6, 6.07) is 7.64. The molecule has 1 fully saturated rings. The van der Waals surface area contributed by atoms with Gasteiger partial charge in [-0.1, -0.05) is 42.7 Å². The normalized spacial score (nSPS) is 21.1. The molecule has 148 valence electrons. The minimum absolute atomic E-state index is 0. The Labute approximate surface area is 181 Å². The van der Waals surface area contributed by atoms with E-state index in [9.17, 15) is 0 Å². The number of rotatable bonds is 5. The summed E-state index contributed by atoms with van der Waals surface area (Å²) in [6.45, 7) is 4.75. The van der Waals surface area contributed by atoms with Crippen LogP contribution in [0, 0.1) is 5.41 Å². The summed E-state index contributed by atoms with van der Waals surface area (Å²) in [5, 5.41) is 11.3. The third kappa shape index (κ3) is 4.91. The van der Waals surface area contributed by atoms with Crippen LogP contribution < -0.4 is 10.6 Å². The van der Waals surface area contributed by atoms with E-state index in [1.807, 2.05) is 12.1 Å². The number of halogens is 2. The van der Waals surface area contributed by atoms with Crippen LogP contribution in [0.2, 0.25) is 5.02 Å². The molecule has 7 nitrogen and oxygen atoms in total. The van der Waals surface area contributed by atoms with Crippen LogP contribution in [0.1, 0.15) is 26.2 Å². The van der Waals surface area contributed by atoms with E-state index < -0.39 is 0 Å². The largest absolute Gasteiger partial charge is 0.381 e. The number of methoxy groups -OCH3 is 1. The van der Waals surface area contributed by atoms with E-state index in [-0.39, 0.29) is 35.5 Å². The van der Waals surface area contributed by atoms with Crippen LogP contribution in [0.4, 0.5) is 0 Å². The Balaban J connectivity index is 0.00000261. The van der Waals surface area contributed by atoms with Gasteiger partial charge in [-0.25, -0.2) is 0 Å². The minimum Gasteiger partial charge on any atom is -0.381 e. The van der Waals surface area contributed by atoms with Crippen LogP contribution in [0.3, 0.4) is 0 Å². The maximum absolute atomic E-state index is 6.00. The molecule has 0 spiro atoms. The van der Waals surface area contributed by atoms with Crippen LogP contribution in [-0.4, -0.2) is 42.4 Å². The molecule has 1 aliphatic carbocycles. The van der Waals surface area contributed by atoms with Crippen LogP contribution in [0.5, 0.6) is 0 Å². The summed E-state index contributed by atoms with van der Waals surface area (Å²) in [7, 11) is 3.49. The van der Waals surface area contributed by atoms with Gasteiger partial charge in [-0.2, -0.15) is 4.98 Å². The zero-order valence-corrected chi connectivity index (χ0v) is 18.9. The summed E-state index contributed by atoms with van der Waals surface area (Å²) in [6.07, 6.45) is 1.21. The van der Waals surface area contributed by atoms with Crippen LogP contribution >= 0.6 is 35.6 Å². The Morgan fingerprint density at radius 1 is 1.44 bits per heavy atom. The Hall–Kier alpha value is -1.39. The number of aromatic nitrogens is 2. The molecule has 1 aliphatic rings. The highest BCUT2D eigenvalue weighted by Crippen LogP contribution is 2.42. The first-order valence-corrected chi connectivity index (χ1v) is 8.90. The number of guanidine groups is 1. The first kappa shape index (κ1) is 21.9. The third-order valence-electron chi connectivity index (χ3n) is 4.95. The molecule has 3 rings (SSSR count). The van der Waals surface area contributed by atoms with E-state index in [1.165, 1.54) is 0 Å². The van der Waals surface area contributed by atoms with E-state index >= 15 is 0 Å². The molecule has 1 saturated carbocycles. The van der Waals surface area contributed by atoms with Crippen molar-refractivity contribution >= 4 is 41.5 Å². The van der Waals surface area contributed by atoms with Gasteiger partial charge in [0.2, 0.25) is 11.7 Å². The summed E-state index contributed by atoms with van der Waals surface area (Å²) >= 11 is 6.00. The summed E-state index contributed by atoms with van der Waals surface area (Å²) < 4.78 is 10.8. The Morgan fingerprint density at radius 3 is 2.85 bits per heavy atom. The standard InChI is InChI=1S/C18H24ClN5O2.HI/c1-18(2)13(9-14(18)25-4)22-17(20-3)21-10-15-23-16(24-26-15)11-6-5-7-12(19)8-11;/h5-8,13-14H,9-10H2,1-4H3,(H2,20,21,22);1H. The smallest absolute Gasteiger partial charge is 0.246 e. The summed E-state index contributed by atoms with van der Waals surface area (Å²) in [5.74, 6) is 1.68. The van der Waals surface area contributed by atoms with Crippen molar-refractivity contribution in [2.75, 3.05) is 14.2 Å². The first-order chi connectivity index (χ1) is 12.4. The quantitative estimate of drug-likeness (QED) is 0.368. The molecule has 2 N–H and O–H groups in total. The minimum atomic E-state index is 0. The lowest BCUT2D eigenvalue weighted by Gasteiger charge is -2.51. The molecular weight excluding hydrogens is 481 g/mol. The number of nitrogens with one attached hydrogen (secondary N) is 2. The molecule has 1 aromatic carbocycles. The highest BCUT2D eigenvalue weighted by Gasteiger charge is 2.48. The van der Waals surface area contributed by atoms with E-state index in [0.717, 1.165) is 12.0 Å². The lowest BCUT2D eigenvalue weighted by molar-refractivity contribution is -0.0922. The van der Waals surface area contributed by atoms with Crippen molar-refractivity contribution in [3.8, 4) is 11.4 Å². The predicted octanol–water partition coefficient (Wildman–Crippen LogP) is 3.49. The van der Waals surface area contributed by atoms with Crippen molar-refractivity contribution in [2.24, 2.45) is 10.4 Å². The lowest BCUT2D eigenvalue weighted by atomic mass is 9.64. The molecule has 2 unspecified atom stereocenters. The molecule has 1 aromatic heterocycles. The van der Waals surface area contributed by atoms with E-state index in [2.05, 4.69) is 39.6 Å². The number of hydrogen-bond acceptors (Lipinski definition) is 5. The number of benzene rings is 1. The number of hydrogen-bond donors (Lipinski definition) is 2. The lowest BCUT2D eigenvalue weighted by Crippen LogP contribution is -2.63. The zero-order valence-electron chi connectivity index (χ0n) is 15.8. The monoisotopic (exact) mass is 505 g/mol. The zero-order chi connectivity index (χ0) is 18.7. The van der Waals surface area contributed by atoms with E-state index in [1.54, 1.807) is 26.3 Å². The van der Waals surface area contributed by atoms with E-state index in [4.69, 9.17) is 20.9 Å². The van der Waals surface area contributed by atoms with Gasteiger partial charge in [-0.3, -0.25) is 4.99 Å². The average Bonchev–Trinajstić information content (AvgIpc) is 3.09. The molecular formula is C18H25ClIN5O2. The molecule has 0 aliphatic heterocycles. The van der Waals surface area contributed by atoms with Crippen molar-refractivity contribution in [3.63, 3.8) is 0 Å². The van der Waals surface area contributed by atoms with Gasteiger partial charge < -0.3 is 19.9 Å². The van der Waals surface area contributed by atoms with Crippen LogP contribution in [0.25, 0.3) is 11.4 Å². The topological polar surface area (TPSA) is 84.6 Å². The van der Waals surface area contributed by atoms with Gasteiger partial charge >= 0.3 is 0 Å². The second kappa shape index (κ2) is 9.20. The summed E-state index contributed by atoms with van der Waals surface area (Å²) in [5.41, 5.74) is 0.869. The van der Waals surface area contributed by atoms with Gasteiger partial charge in [0.1, 0.15) is 0 Å². The molecule has 1 heterocycles. The summed E-state index contributed by atoms with van der Waals surface area (Å²) in [4.78, 5) is 8.66. The molecule has 2 atom stereocenters. The van der Waals surface area contributed by atoms with Gasteiger partial charge in [0, 0.05) is 36.2 Å². The van der Waals surface area contributed by atoms with Crippen molar-refractivity contribution in [1.82, 2.24) is 20.8 Å². The van der Waals surface area contributed by atoms with Gasteiger partial charge in [0.25, 0.3) is 0 Å². The third-order valence-corrected chi connectivity index (χ3v) is 5.19. The fraction of sp³-hybridized carbons (Fsp3) is 0.500. The first-order valence-electron chi connectivity index (χ1n) is 8.52. The van der Waals surface area contributed by atoms with E-state index in [0.29, 0.717) is 35.3 Å². The second-order valence-electron chi connectivity index (χ2n) is 6.93. The molecule has 27 heavy (non-hydrogen) atoms. The Bertz CT molecular complexity index is 796. The highest BCUT2D eigenvalue weighted by molar-refractivity contribution is 14.0. The fourth-order valence-corrected chi connectivity index (χ4v) is 3.31. The number of nitrogens with zero attached hydrogens (tertiary/aromatic N) is 3. The van der Waals surface area contributed by atoms with Crippen molar-refractivity contribution < 1.29 is 9.26 Å². The maximum atomic E-state index is 6.00. The molecule has 0 amide bonds. The Kier molecular flexibility index (Phi) is 7.47. The molecule has 0 bridgehead atoms. The maximum Gasteiger partial charge on any atom is 0.246 e. The van der Waals surface area contributed by atoms with Crippen LogP contribution in [-0.2, 0) is 11.3 Å². The average molecular weight is 506 g/mol.